The summed E-state index contributed by atoms with van der Waals surface area (Å²) in [5.74, 6) is 0.767. The molecule has 0 saturated carbocycles. The molecule has 0 aliphatic heterocycles. The summed E-state index contributed by atoms with van der Waals surface area (Å²) in [6.07, 6.45) is 2.42. The van der Waals surface area contributed by atoms with Crippen LogP contribution < -0.4 is 14.9 Å². The van der Waals surface area contributed by atoms with Crippen LogP contribution in [-0.4, -0.2) is 17.1 Å². The van der Waals surface area contributed by atoms with Gasteiger partial charge >= 0.3 is 4.87 Å². The Balaban J connectivity index is 1.81. The number of benzene rings is 1. The molecule has 25 heavy (non-hydrogen) atoms. The van der Waals surface area contributed by atoms with Gasteiger partial charge in [0, 0.05) is 30.1 Å². The van der Waals surface area contributed by atoms with Crippen molar-refractivity contribution in [2.24, 2.45) is 0 Å². The van der Waals surface area contributed by atoms with Crippen molar-refractivity contribution in [2.45, 2.75) is 53.1 Å². The molecule has 1 aromatic heterocycles. The first-order chi connectivity index (χ1) is 12.0. The molecule has 0 spiro atoms. The lowest BCUT2D eigenvalue weighted by molar-refractivity contribution is -0.121. The number of aromatic nitrogens is 1. The number of thiazole rings is 1. The van der Waals surface area contributed by atoms with Crippen LogP contribution in [0.1, 0.15) is 42.3 Å². The number of rotatable bonds is 9. The molecular formula is C19H26N2O3S. The smallest absolute Gasteiger partial charge is 0.307 e. The number of carbonyl (C=O) groups is 1. The normalized spacial score (nSPS) is 10.7. The number of carbonyl (C=O) groups excluding carboxylic acids is 1. The highest BCUT2D eigenvalue weighted by molar-refractivity contribution is 7.09. The maximum Gasteiger partial charge on any atom is 0.307 e. The van der Waals surface area contributed by atoms with Crippen LogP contribution in [0.4, 0.5) is 0 Å². The third kappa shape index (κ3) is 5.74. The first-order valence-electron chi connectivity index (χ1n) is 8.66. The molecule has 1 aromatic carbocycles. The number of hydrogen-bond acceptors (Lipinski definition) is 4. The van der Waals surface area contributed by atoms with Crippen molar-refractivity contribution in [1.29, 1.82) is 0 Å². The van der Waals surface area contributed by atoms with Crippen LogP contribution in [0.15, 0.2) is 29.1 Å². The molecule has 1 heterocycles. The third-order valence-electron chi connectivity index (χ3n) is 4.09. The largest absolute Gasteiger partial charge is 0.494 e. The maximum atomic E-state index is 12.1. The highest BCUT2D eigenvalue weighted by Gasteiger charge is 2.09. The van der Waals surface area contributed by atoms with Crippen LogP contribution in [0.5, 0.6) is 5.75 Å². The molecule has 0 aliphatic rings. The number of hydrogen-bond donors (Lipinski definition) is 1. The van der Waals surface area contributed by atoms with Gasteiger partial charge in [0.2, 0.25) is 5.91 Å². The highest BCUT2D eigenvalue weighted by Crippen LogP contribution is 2.14. The number of amides is 1. The number of ether oxygens (including phenoxy) is 1. The van der Waals surface area contributed by atoms with Gasteiger partial charge in [0.25, 0.3) is 0 Å². The monoisotopic (exact) mass is 362 g/mol. The minimum absolute atomic E-state index is 0.000251. The van der Waals surface area contributed by atoms with E-state index in [1.807, 2.05) is 38.1 Å². The van der Waals surface area contributed by atoms with Gasteiger partial charge in [-0.15, -0.1) is 0 Å². The Morgan fingerprint density at radius 1 is 1.32 bits per heavy atom. The molecule has 2 rings (SSSR count). The Morgan fingerprint density at radius 2 is 2.12 bits per heavy atom. The molecule has 0 aliphatic carbocycles. The molecule has 0 saturated heterocycles. The molecule has 2 aromatic rings. The van der Waals surface area contributed by atoms with Crippen LogP contribution in [0.2, 0.25) is 0 Å². The molecule has 0 fully saturated rings. The minimum atomic E-state index is -0.0625. The van der Waals surface area contributed by atoms with E-state index < -0.39 is 0 Å². The van der Waals surface area contributed by atoms with Crippen molar-refractivity contribution in [3.05, 3.63) is 50.1 Å². The van der Waals surface area contributed by atoms with Gasteiger partial charge in [-0.25, -0.2) is 0 Å². The zero-order valence-corrected chi connectivity index (χ0v) is 15.9. The van der Waals surface area contributed by atoms with Gasteiger partial charge in [-0.2, -0.15) is 0 Å². The van der Waals surface area contributed by atoms with E-state index in [1.165, 1.54) is 11.3 Å². The summed E-state index contributed by atoms with van der Waals surface area (Å²) in [6.45, 7) is 7.55. The number of nitrogens with zero attached hydrogens (tertiary/aromatic N) is 1. The minimum Gasteiger partial charge on any atom is -0.494 e. The summed E-state index contributed by atoms with van der Waals surface area (Å²) < 4.78 is 7.35. The average Bonchev–Trinajstić information content (AvgIpc) is 2.84. The van der Waals surface area contributed by atoms with E-state index in [2.05, 4.69) is 12.2 Å². The van der Waals surface area contributed by atoms with E-state index in [0.29, 0.717) is 26.1 Å². The van der Waals surface area contributed by atoms with Gasteiger partial charge in [0.15, 0.2) is 0 Å². The predicted molar refractivity (Wildman–Crippen MR) is 101 cm³/mol. The summed E-state index contributed by atoms with van der Waals surface area (Å²) >= 11 is 1.23. The van der Waals surface area contributed by atoms with Crippen LogP contribution in [-0.2, 0) is 17.9 Å². The second kappa shape index (κ2) is 9.42. The van der Waals surface area contributed by atoms with E-state index in [9.17, 15) is 9.59 Å². The van der Waals surface area contributed by atoms with Gasteiger partial charge in [-0.3, -0.25) is 9.59 Å². The van der Waals surface area contributed by atoms with Crippen LogP contribution >= 0.6 is 11.3 Å². The van der Waals surface area contributed by atoms with E-state index in [-0.39, 0.29) is 10.8 Å². The molecular weight excluding hydrogens is 336 g/mol. The van der Waals surface area contributed by atoms with Crippen LogP contribution in [0.25, 0.3) is 0 Å². The fraction of sp³-hybridized carbons (Fsp3) is 0.474. The van der Waals surface area contributed by atoms with Crippen molar-refractivity contribution in [1.82, 2.24) is 9.88 Å². The first-order valence-corrected chi connectivity index (χ1v) is 9.48. The topological polar surface area (TPSA) is 60.3 Å². The van der Waals surface area contributed by atoms with Gasteiger partial charge in [0.1, 0.15) is 5.75 Å². The van der Waals surface area contributed by atoms with Crippen molar-refractivity contribution >= 4 is 17.2 Å². The van der Waals surface area contributed by atoms with E-state index in [4.69, 9.17) is 4.74 Å². The van der Waals surface area contributed by atoms with Crippen molar-refractivity contribution in [3.8, 4) is 5.75 Å². The van der Waals surface area contributed by atoms with Gasteiger partial charge in [-0.05, 0) is 38.0 Å². The number of aryl methyl sites for hydroxylation is 1. The van der Waals surface area contributed by atoms with Crippen molar-refractivity contribution in [2.75, 3.05) is 6.61 Å². The Bertz CT molecular complexity index is 764. The first kappa shape index (κ1) is 19.2. The van der Waals surface area contributed by atoms with E-state index in [1.54, 1.807) is 4.57 Å². The average molecular weight is 362 g/mol. The van der Waals surface area contributed by atoms with Gasteiger partial charge < -0.3 is 14.6 Å². The molecule has 0 radical (unpaired) electrons. The van der Waals surface area contributed by atoms with Crippen molar-refractivity contribution < 1.29 is 9.53 Å². The van der Waals surface area contributed by atoms with Gasteiger partial charge in [0.05, 0.1) is 6.61 Å². The van der Waals surface area contributed by atoms with E-state index in [0.717, 1.165) is 34.7 Å². The molecule has 6 heteroatoms. The molecule has 0 bridgehead atoms. The molecule has 136 valence electrons. The molecule has 0 atom stereocenters. The van der Waals surface area contributed by atoms with E-state index >= 15 is 0 Å². The summed E-state index contributed by atoms with van der Waals surface area (Å²) in [7, 11) is 0. The zero-order chi connectivity index (χ0) is 18.2. The molecule has 1 N–H and O–H groups in total. The SMILES string of the molecule is CCCCOc1cccc(CNC(=O)CCn2c(C)c(C)sc2=O)c1. The van der Waals surface area contributed by atoms with Gasteiger partial charge in [-0.1, -0.05) is 36.8 Å². The summed E-state index contributed by atoms with van der Waals surface area (Å²) in [5.41, 5.74) is 1.95. The van der Waals surface area contributed by atoms with Crippen molar-refractivity contribution in [3.63, 3.8) is 0 Å². The summed E-state index contributed by atoms with van der Waals surface area (Å²) in [6, 6.07) is 7.77. The fourth-order valence-corrected chi connectivity index (χ4v) is 3.29. The summed E-state index contributed by atoms with van der Waals surface area (Å²) in [5, 5.41) is 2.90. The predicted octanol–water partition coefficient (Wildman–Crippen LogP) is 3.41. The molecule has 0 unspecified atom stereocenters. The number of nitrogens with one attached hydrogen (secondary N) is 1. The maximum absolute atomic E-state index is 12.1. The second-order valence-electron chi connectivity index (χ2n) is 6.04. The number of unbranched alkanes of at least 4 members (excludes halogenated alkanes) is 1. The second-order valence-corrected chi connectivity index (χ2v) is 7.20. The zero-order valence-electron chi connectivity index (χ0n) is 15.1. The Morgan fingerprint density at radius 3 is 2.80 bits per heavy atom. The Labute approximate surface area is 152 Å². The third-order valence-corrected chi connectivity index (χ3v) is 5.09. The molecule has 1 amide bonds. The fourth-order valence-electron chi connectivity index (χ4n) is 2.43. The van der Waals surface area contributed by atoms with Crippen LogP contribution in [0, 0.1) is 13.8 Å². The lowest BCUT2D eigenvalue weighted by atomic mass is 10.2. The lowest BCUT2D eigenvalue weighted by Gasteiger charge is -2.09. The quantitative estimate of drug-likeness (QED) is 0.696. The summed E-state index contributed by atoms with van der Waals surface area (Å²) in [4.78, 5) is 24.9. The molecule has 5 nitrogen and oxygen atoms in total. The Kier molecular flexibility index (Phi) is 7.25. The Hall–Kier alpha value is -2.08. The standard InChI is InChI=1S/C19H26N2O3S/c1-4-5-11-24-17-8-6-7-16(12-17)13-20-18(22)9-10-21-14(2)15(3)25-19(21)23/h6-8,12H,4-5,9-11,13H2,1-3H3,(H,20,22). The lowest BCUT2D eigenvalue weighted by Crippen LogP contribution is -2.26. The van der Waals surface area contributed by atoms with Crippen LogP contribution in [0.3, 0.4) is 0 Å². The highest BCUT2D eigenvalue weighted by atomic mass is 32.1.